The minimum atomic E-state index is -0.837. The number of hydrogen-bond acceptors (Lipinski definition) is 4. The van der Waals surface area contributed by atoms with Crippen LogP contribution in [0.15, 0.2) is 77.8 Å². The second-order valence-electron chi connectivity index (χ2n) is 6.71. The molecular formula is C24H27N3O3. The first-order chi connectivity index (χ1) is 14.6. The molecule has 6 nitrogen and oxygen atoms in total. The monoisotopic (exact) mass is 405 g/mol. The van der Waals surface area contributed by atoms with Crippen molar-refractivity contribution in [1.82, 2.24) is 0 Å². The van der Waals surface area contributed by atoms with Crippen LogP contribution >= 0.6 is 0 Å². The molecule has 0 saturated carbocycles. The van der Waals surface area contributed by atoms with E-state index in [1.165, 1.54) is 0 Å². The number of nitrogens with two attached hydrogens (primary N) is 2. The van der Waals surface area contributed by atoms with Gasteiger partial charge in [0, 0.05) is 5.56 Å². The van der Waals surface area contributed by atoms with Gasteiger partial charge >= 0.3 is 0 Å². The van der Waals surface area contributed by atoms with Crippen LogP contribution in [-0.2, 0) is 0 Å². The molecule has 0 heterocycles. The van der Waals surface area contributed by atoms with E-state index in [9.17, 15) is 5.11 Å². The van der Waals surface area contributed by atoms with Gasteiger partial charge in [-0.25, -0.2) is 0 Å². The Balaban J connectivity index is 2.03. The summed E-state index contributed by atoms with van der Waals surface area (Å²) in [6.45, 7) is 2.52. The normalized spacial score (nSPS) is 11.5. The molecule has 0 amide bonds. The number of guanidine groups is 1. The molecular weight excluding hydrogens is 378 g/mol. The molecule has 1 unspecified atom stereocenters. The Morgan fingerprint density at radius 2 is 1.53 bits per heavy atom. The maximum absolute atomic E-state index is 10.1. The Bertz CT molecular complexity index is 972. The molecule has 156 valence electrons. The van der Waals surface area contributed by atoms with E-state index < -0.39 is 6.10 Å². The first-order valence-electron chi connectivity index (χ1n) is 9.87. The van der Waals surface area contributed by atoms with E-state index in [-0.39, 0.29) is 19.1 Å². The third-order valence-electron chi connectivity index (χ3n) is 4.47. The SMILES string of the molecule is CCOc1c(OCC(O)CN=C(N)N)ccc(-c2ccccc2)c1-c1ccccc1. The van der Waals surface area contributed by atoms with Gasteiger partial charge in [0.2, 0.25) is 0 Å². The van der Waals surface area contributed by atoms with Gasteiger partial charge in [-0.3, -0.25) is 4.99 Å². The fourth-order valence-electron chi connectivity index (χ4n) is 3.16. The van der Waals surface area contributed by atoms with Crippen molar-refractivity contribution in [3.8, 4) is 33.8 Å². The number of hydrogen-bond donors (Lipinski definition) is 3. The standard InChI is InChI=1S/C24H27N3O3/c1-2-29-23-21(30-16-19(28)15-27-24(25)26)14-13-20(17-9-5-3-6-10-17)22(23)18-11-7-4-8-12-18/h3-14,19,28H,2,15-16H2,1H3,(H4,25,26,27). The van der Waals surface area contributed by atoms with Gasteiger partial charge in [-0.05, 0) is 35.7 Å². The number of benzene rings is 3. The quantitative estimate of drug-likeness (QED) is 0.374. The molecule has 30 heavy (non-hydrogen) atoms. The maximum atomic E-state index is 10.1. The summed E-state index contributed by atoms with van der Waals surface area (Å²) in [5, 5.41) is 10.1. The van der Waals surface area contributed by atoms with Crippen LogP contribution < -0.4 is 20.9 Å². The molecule has 0 fully saturated rings. The van der Waals surface area contributed by atoms with Gasteiger partial charge in [-0.15, -0.1) is 0 Å². The smallest absolute Gasteiger partial charge is 0.186 e. The van der Waals surface area contributed by atoms with Crippen molar-refractivity contribution < 1.29 is 14.6 Å². The predicted octanol–water partition coefficient (Wildman–Crippen LogP) is 3.43. The summed E-state index contributed by atoms with van der Waals surface area (Å²) >= 11 is 0. The summed E-state index contributed by atoms with van der Waals surface area (Å²) in [6, 6.07) is 24.1. The zero-order valence-electron chi connectivity index (χ0n) is 17.0. The Labute approximate surface area is 176 Å². The van der Waals surface area contributed by atoms with Gasteiger partial charge in [-0.2, -0.15) is 0 Å². The minimum Gasteiger partial charge on any atom is -0.489 e. The molecule has 0 spiro atoms. The molecule has 0 aliphatic heterocycles. The number of rotatable bonds is 9. The van der Waals surface area contributed by atoms with E-state index in [1.54, 1.807) is 0 Å². The number of aliphatic hydroxyl groups excluding tert-OH is 1. The fraction of sp³-hybridized carbons (Fsp3) is 0.208. The molecule has 3 rings (SSSR count). The summed E-state index contributed by atoms with van der Waals surface area (Å²) < 4.78 is 12.0. The zero-order chi connectivity index (χ0) is 21.3. The maximum Gasteiger partial charge on any atom is 0.186 e. The number of ether oxygens (including phenoxy) is 2. The van der Waals surface area contributed by atoms with E-state index in [2.05, 4.69) is 17.1 Å². The third-order valence-corrected chi connectivity index (χ3v) is 4.47. The highest BCUT2D eigenvalue weighted by molar-refractivity contribution is 5.89. The Morgan fingerprint density at radius 1 is 0.900 bits per heavy atom. The van der Waals surface area contributed by atoms with Crippen molar-refractivity contribution in [3.05, 3.63) is 72.8 Å². The number of nitrogens with zero attached hydrogens (tertiary/aromatic N) is 1. The first-order valence-corrected chi connectivity index (χ1v) is 9.87. The molecule has 5 N–H and O–H groups in total. The molecule has 0 saturated heterocycles. The van der Waals surface area contributed by atoms with Crippen molar-refractivity contribution >= 4 is 5.96 Å². The Kier molecular flexibility index (Phi) is 7.29. The molecule has 0 radical (unpaired) electrons. The molecule has 0 aromatic heterocycles. The van der Waals surface area contributed by atoms with Gasteiger partial charge in [0.25, 0.3) is 0 Å². The highest BCUT2D eigenvalue weighted by Crippen LogP contribution is 2.45. The van der Waals surface area contributed by atoms with E-state index in [4.69, 9.17) is 20.9 Å². The second kappa shape index (κ2) is 10.3. The largest absolute Gasteiger partial charge is 0.489 e. The molecule has 3 aromatic carbocycles. The zero-order valence-corrected chi connectivity index (χ0v) is 17.0. The summed E-state index contributed by atoms with van der Waals surface area (Å²) in [5.74, 6) is 1.13. The highest BCUT2D eigenvalue weighted by Gasteiger charge is 2.19. The van der Waals surface area contributed by atoms with Crippen LogP contribution in [-0.4, -0.2) is 36.9 Å². The lowest BCUT2D eigenvalue weighted by molar-refractivity contribution is 0.112. The lowest BCUT2D eigenvalue weighted by atomic mass is 9.93. The van der Waals surface area contributed by atoms with Crippen LogP contribution in [0.4, 0.5) is 0 Å². The second-order valence-corrected chi connectivity index (χ2v) is 6.71. The number of aliphatic imine (C=N–C) groups is 1. The van der Waals surface area contributed by atoms with Crippen LogP contribution in [0.25, 0.3) is 22.3 Å². The summed E-state index contributed by atoms with van der Waals surface area (Å²) in [7, 11) is 0. The van der Waals surface area contributed by atoms with E-state index in [0.717, 1.165) is 22.3 Å². The van der Waals surface area contributed by atoms with Gasteiger partial charge in [0.15, 0.2) is 17.5 Å². The van der Waals surface area contributed by atoms with E-state index >= 15 is 0 Å². The first kappa shape index (κ1) is 21.2. The summed E-state index contributed by atoms with van der Waals surface area (Å²) in [6.07, 6.45) is -0.837. The van der Waals surface area contributed by atoms with Gasteiger partial charge in [0.1, 0.15) is 12.7 Å². The fourth-order valence-corrected chi connectivity index (χ4v) is 3.16. The van der Waals surface area contributed by atoms with Crippen LogP contribution in [0.2, 0.25) is 0 Å². The van der Waals surface area contributed by atoms with E-state index in [1.807, 2.05) is 67.6 Å². The van der Waals surface area contributed by atoms with Crippen LogP contribution in [0.1, 0.15) is 6.92 Å². The lowest BCUT2D eigenvalue weighted by Crippen LogP contribution is -2.27. The van der Waals surface area contributed by atoms with Crippen molar-refractivity contribution in [1.29, 1.82) is 0 Å². The van der Waals surface area contributed by atoms with E-state index in [0.29, 0.717) is 18.1 Å². The van der Waals surface area contributed by atoms with Gasteiger partial charge < -0.3 is 26.0 Å². The van der Waals surface area contributed by atoms with Crippen molar-refractivity contribution in [2.24, 2.45) is 16.5 Å². The highest BCUT2D eigenvalue weighted by atomic mass is 16.5. The summed E-state index contributed by atoms with van der Waals surface area (Å²) in [4.78, 5) is 3.83. The van der Waals surface area contributed by atoms with Crippen LogP contribution in [0.3, 0.4) is 0 Å². The average Bonchev–Trinajstić information content (AvgIpc) is 2.78. The van der Waals surface area contributed by atoms with Crippen LogP contribution in [0, 0.1) is 0 Å². The predicted molar refractivity (Wildman–Crippen MR) is 121 cm³/mol. The topological polar surface area (TPSA) is 103 Å². The average molecular weight is 405 g/mol. The van der Waals surface area contributed by atoms with Gasteiger partial charge in [-0.1, -0.05) is 60.7 Å². The Hall–Kier alpha value is -3.51. The molecule has 1 atom stereocenters. The van der Waals surface area contributed by atoms with Crippen molar-refractivity contribution in [3.63, 3.8) is 0 Å². The number of aliphatic hydroxyl groups is 1. The summed E-state index contributed by atoms with van der Waals surface area (Å²) in [5.41, 5.74) is 14.7. The van der Waals surface area contributed by atoms with Crippen molar-refractivity contribution in [2.45, 2.75) is 13.0 Å². The minimum absolute atomic E-state index is 0.0375. The van der Waals surface area contributed by atoms with Crippen molar-refractivity contribution in [2.75, 3.05) is 19.8 Å². The molecule has 0 aliphatic rings. The lowest BCUT2D eigenvalue weighted by Gasteiger charge is -2.20. The van der Waals surface area contributed by atoms with Gasteiger partial charge in [0.05, 0.1) is 13.2 Å². The molecule has 6 heteroatoms. The molecule has 3 aromatic rings. The molecule has 0 bridgehead atoms. The third kappa shape index (κ3) is 5.30. The molecule has 0 aliphatic carbocycles. The Morgan fingerprint density at radius 3 is 2.13 bits per heavy atom. The van der Waals surface area contributed by atoms with Crippen LogP contribution in [0.5, 0.6) is 11.5 Å².